The van der Waals surface area contributed by atoms with E-state index in [9.17, 15) is 4.79 Å². The lowest BCUT2D eigenvalue weighted by Gasteiger charge is -2.37. The molecule has 1 fully saturated rings. The van der Waals surface area contributed by atoms with Crippen LogP contribution in [0.2, 0.25) is 0 Å². The topological polar surface area (TPSA) is 48.5 Å². The monoisotopic (exact) mass is 310 g/mol. The van der Waals surface area contributed by atoms with Gasteiger partial charge in [0.1, 0.15) is 5.82 Å². The average Bonchev–Trinajstić information content (AvgIpc) is 2.63. The lowest BCUT2D eigenvalue weighted by Crippen LogP contribution is -2.53. The molecule has 0 radical (unpaired) electrons. The second-order valence-corrected chi connectivity index (χ2v) is 5.74. The Hall–Kier alpha value is -2.40. The number of amides is 1. The maximum absolute atomic E-state index is 12.4. The molecule has 0 unspecified atom stereocenters. The van der Waals surface area contributed by atoms with Crippen LogP contribution in [0.1, 0.15) is 6.92 Å². The number of benzene rings is 1. The quantitative estimate of drug-likeness (QED) is 0.941. The molecule has 1 aromatic heterocycles. The number of rotatable bonds is 4. The molecule has 23 heavy (non-hydrogen) atoms. The Morgan fingerprint density at radius 1 is 1.04 bits per heavy atom. The summed E-state index contributed by atoms with van der Waals surface area (Å²) in [5.74, 6) is 1.05. The molecule has 120 valence electrons. The number of carbonyl (C=O) groups excluding carboxylic acids is 1. The summed E-state index contributed by atoms with van der Waals surface area (Å²) in [6, 6.07) is 15.4. The summed E-state index contributed by atoms with van der Waals surface area (Å²) >= 11 is 0. The molecule has 0 bridgehead atoms. The Morgan fingerprint density at radius 2 is 1.74 bits per heavy atom. The summed E-state index contributed by atoms with van der Waals surface area (Å²) in [6.07, 6.45) is 1.82. The lowest BCUT2D eigenvalue weighted by atomic mass is 10.2. The van der Waals surface area contributed by atoms with Gasteiger partial charge in [-0.25, -0.2) is 4.98 Å². The summed E-state index contributed by atoms with van der Waals surface area (Å²) in [7, 11) is 0. The van der Waals surface area contributed by atoms with Gasteiger partial charge in [-0.05, 0) is 31.2 Å². The fourth-order valence-corrected chi connectivity index (χ4v) is 2.81. The first-order valence-corrected chi connectivity index (χ1v) is 8.00. The zero-order valence-electron chi connectivity index (χ0n) is 13.4. The van der Waals surface area contributed by atoms with Crippen LogP contribution in [0.5, 0.6) is 0 Å². The summed E-state index contributed by atoms with van der Waals surface area (Å²) in [6.45, 7) is 5.47. The summed E-state index contributed by atoms with van der Waals surface area (Å²) in [5, 5.41) is 2.98. The maximum atomic E-state index is 12.4. The number of pyridine rings is 1. The molecule has 3 rings (SSSR count). The van der Waals surface area contributed by atoms with Crippen LogP contribution < -0.4 is 10.2 Å². The number of carbonyl (C=O) groups is 1. The molecule has 1 aromatic carbocycles. The first-order valence-electron chi connectivity index (χ1n) is 8.00. The van der Waals surface area contributed by atoms with E-state index in [1.165, 1.54) is 0 Å². The van der Waals surface area contributed by atoms with Gasteiger partial charge in [0.05, 0.1) is 6.04 Å². The van der Waals surface area contributed by atoms with Gasteiger partial charge in [-0.1, -0.05) is 24.3 Å². The average molecular weight is 310 g/mol. The second kappa shape index (κ2) is 7.24. The van der Waals surface area contributed by atoms with E-state index < -0.39 is 0 Å². The van der Waals surface area contributed by atoms with E-state index in [0.717, 1.165) is 37.7 Å². The Morgan fingerprint density at radius 3 is 2.39 bits per heavy atom. The van der Waals surface area contributed by atoms with E-state index in [2.05, 4.69) is 20.1 Å². The Balaban J connectivity index is 1.53. The molecule has 1 N–H and O–H groups in total. The molecule has 1 atom stereocenters. The van der Waals surface area contributed by atoms with Crippen molar-refractivity contribution in [3.63, 3.8) is 0 Å². The molecule has 0 saturated carbocycles. The van der Waals surface area contributed by atoms with Gasteiger partial charge >= 0.3 is 0 Å². The number of nitrogens with zero attached hydrogens (tertiary/aromatic N) is 3. The Kier molecular flexibility index (Phi) is 4.88. The first-order chi connectivity index (χ1) is 11.2. The SMILES string of the molecule is C[C@@H](C(=O)Nc1ccccc1)N1CCN(c2ccccn2)CC1. The highest BCUT2D eigenvalue weighted by Crippen LogP contribution is 2.15. The molecule has 2 aromatic rings. The minimum absolute atomic E-state index is 0.0440. The van der Waals surface area contributed by atoms with Crippen molar-refractivity contribution in [2.24, 2.45) is 0 Å². The zero-order valence-corrected chi connectivity index (χ0v) is 13.4. The number of piperazine rings is 1. The van der Waals surface area contributed by atoms with E-state index in [0.29, 0.717) is 0 Å². The van der Waals surface area contributed by atoms with E-state index in [1.807, 2.05) is 61.7 Å². The molecule has 5 nitrogen and oxygen atoms in total. The van der Waals surface area contributed by atoms with E-state index in [1.54, 1.807) is 0 Å². The number of hydrogen-bond donors (Lipinski definition) is 1. The highest BCUT2D eigenvalue weighted by Gasteiger charge is 2.25. The molecule has 0 aliphatic carbocycles. The predicted molar refractivity (Wildman–Crippen MR) is 92.6 cm³/mol. The molecule has 2 heterocycles. The largest absolute Gasteiger partial charge is 0.354 e. The van der Waals surface area contributed by atoms with Crippen LogP contribution in [0, 0.1) is 0 Å². The van der Waals surface area contributed by atoms with Gasteiger partial charge in [-0.2, -0.15) is 0 Å². The van der Waals surface area contributed by atoms with Crippen LogP contribution >= 0.6 is 0 Å². The third-order valence-electron chi connectivity index (χ3n) is 4.26. The zero-order chi connectivity index (χ0) is 16.1. The number of para-hydroxylation sites is 1. The second-order valence-electron chi connectivity index (χ2n) is 5.74. The summed E-state index contributed by atoms with van der Waals surface area (Å²) in [5.41, 5.74) is 0.844. The number of aromatic nitrogens is 1. The van der Waals surface area contributed by atoms with Gasteiger partial charge in [-0.3, -0.25) is 9.69 Å². The van der Waals surface area contributed by atoms with Crippen LogP contribution in [-0.2, 0) is 4.79 Å². The number of anilines is 2. The number of nitrogens with one attached hydrogen (secondary N) is 1. The van der Waals surface area contributed by atoms with Crippen LogP contribution in [-0.4, -0.2) is 48.0 Å². The van der Waals surface area contributed by atoms with Crippen molar-refractivity contribution in [2.75, 3.05) is 36.4 Å². The highest BCUT2D eigenvalue weighted by atomic mass is 16.2. The third kappa shape index (κ3) is 3.87. The van der Waals surface area contributed by atoms with Gasteiger partial charge in [-0.15, -0.1) is 0 Å². The molecule has 0 spiro atoms. The van der Waals surface area contributed by atoms with Gasteiger partial charge in [0, 0.05) is 38.1 Å². The molecular weight excluding hydrogens is 288 g/mol. The Labute approximate surface area is 136 Å². The van der Waals surface area contributed by atoms with E-state index >= 15 is 0 Å². The molecule has 1 aliphatic heterocycles. The smallest absolute Gasteiger partial charge is 0.241 e. The molecular formula is C18H22N4O. The van der Waals surface area contributed by atoms with E-state index in [-0.39, 0.29) is 11.9 Å². The van der Waals surface area contributed by atoms with Gasteiger partial charge in [0.15, 0.2) is 0 Å². The van der Waals surface area contributed by atoms with Crippen molar-refractivity contribution in [1.82, 2.24) is 9.88 Å². The Bertz CT molecular complexity index is 624. The van der Waals surface area contributed by atoms with E-state index in [4.69, 9.17) is 0 Å². The standard InChI is InChI=1S/C18H22N4O/c1-15(18(23)20-16-7-3-2-4-8-16)21-11-13-22(14-12-21)17-9-5-6-10-19-17/h2-10,15H,11-14H2,1H3,(H,20,23)/t15-/m0/s1. The minimum Gasteiger partial charge on any atom is -0.354 e. The number of hydrogen-bond acceptors (Lipinski definition) is 4. The van der Waals surface area contributed by atoms with Crippen molar-refractivity contribution in [3.05, 3.63) is 54.7 Å². The normalized spacial score (nSPS) is 16.8. The molecule has 1 aliphatic rings. The van der Waals surface area contributed by atoms with Crippen LogP contribution in [0.15, 0.2) is 54.7 Å². The third-order valence-corrected chi connectivity index (χ3v) is 4.26. The lowest BCUT2D eigenvalue weighted by molar-refractivity contribution is -0.120. The van der Waals surface area contributed by atoms with Gasteiger partial charge in [0.2, 0.25) is 5.91 Å². The van der Waals surface area contributed by atoms with Crippen molar-refractivity contribution in [2.45, 2.75) is 13.0 Å². The van der Waals surface area contributed by atoms with Crippen LogP contribution in [0.3, 0.4) is 0 Å². The fraction of sp³-hybridized carbons (Fsp3) is 0.333. The summed E-state index contributed by atoms with van der Waals surface area (Å²) < 4.78 is 0. The summed E-state index contributed by atoms with van der Waals surface area (Å²) in [4.78, 5) is 21.3. The van der Waals surface area contributed by atoms with Crippen LogP contribution in [0.25, 0.3) is 0 Å². The first kappa shape index (κ1) is 15.5. The minimum atomic E-state index is -0.138. The van der Waals surface area contributed by atoms with Crippen molar-refractivity contribution in [3.8, 4) is 0 Å². The molecule has 5 heteroatoms. The maximum Gasteiger partial charge on any atom is 0.241 e. The molecule has 1 saturated heterocycles. The molecule has 1 amide bonds. The van der Waals surface area contributed by atoms with Gasteiger partial charge in [0.25, 0.3) is 0 Å². The fourth-order valence-electron chi connectivity index (χ4n) is 2.81. The van der Waals surface area contributed by atoms with Gasteiger partial charge < -0.3 is 10.2 Å². The van der Waals surface area contributed by atoms with Crippen LogP contribution in [0.4, 0.5) is 11.5 Å². The van der Waals surface area contributed by atoms with Crippen molar-refractivity contribution in [1.29, 1.82) is 0 Å². The van der Waals surface area contributed by atoms with Crippen molar-refractivity contribution >= 4 is 17.4 Å². The predicted octanol–water partition coefficient (Wildman–Crippen LogP) is 2.23. The van der Waals surface area contributed by atoms with Crippen molar-refractivity contribution < 1.29 is 4.79 Å². The highest BCUT2D eigenvalue weighted by molar-refractivity contribution is 5.94.